The second kappa shape index (κ2) is 8.13. The molecule has 4 aliphatic rings. The zero-order chi connectivity index (χ0) is 22.3. The van der Waals surface area contributed by atoms with Crippen LogP contribution in [0.15, 0.2) is 60.2 Å². The van der Waals surface area contributed by atoms with Gasteiger partial charge in [-0.15, -0.1) is 0 Å². The summed E-state index contributed by atoms with van der Waals surface area (Å²) < 4.78 is 1.93. The lowest BCUT2D eigenvalue weighted by molar-refractivity contribution is -0.00977. The molecule has 4 nitrogen and oxygen atoms in total. The molecular weight excluding hydrogens is 392 g/mol. The largest absolute Gasteiger partial charge is 0.273 e. The first kappa shape index (κ1) is 21.4. The normalized spacial score (nSPS) is 35.4. The van der Waals surface area contributed by atoms with Gasteiger partial charge >= 0.3 is 0 Å². The van der Waals surface area contributed by atoms with Crippen molar-refractivity contribution in [1.82, 2.24) is 14.6 Å². The predicted octanol–water partition coefficient (Wildman–Crippen LogP) is 6.91. The molecule has 32 heavy (non-hydrogen) atoms. The van der Waals surface area contributed by atoms with E-state index in [4.69, 9.17) is 0 Å². The number of allylic oxidation sites excluding steroid dienone is 4. The van der Waals surface area contributed by atoms with Crippen molar-refractivity contribution in [2.75, 3.05) is 0 Å². The average molecular weight is 429 g/mol. The fourth-order valence-electron chi connectivity index (χ4n) is 7.70. The van der Waals surface area contributed by atoms with Crippen LogP contribution in [0.5, 0.6) is 0 Å². The van der Waals surface area contributed by atoms with Gasteiger partial charge in [-0.2, -0.15) is 5.10 Å². The zero-order valence-electron chi connectivity index (χ0n) is 19.6. The maximum absolute atomic E-state index is 4.65. The monoisotopic (exact) mass is 428 g/mol. The van der Waals surface area contributed by atoms with Crippen LogP contribution in [0, 0.1) is 28.6 Å². The second-order valence-corrected chi connectivity index (χ2v) is 10.6. The average Bonchev–Trinajstić information content (AvgIpc) is 3.39. The Hall–Kier alpha value is -2.49. The van der Waals surface area contributed by atoms with Crippen molar-refractivity contribution < 1.29 is 0 Å². The molecule has 4 unspecified atom stereocenters. The standard InChI is InChI=1S/C25H31N3.C3H5N/c1-24-12-4-3-6-17(24)7-8-18-20-9-10-21(25(20,2)13-11-22(18)24)19-16-27-28-15-5-14-26-23(19)28;1-3-4-2/h5,7,10,14-16,18,20,22H,3-4,6,8-9,11-13H2,1-2H3;3H,1-2H2/t18?,20?,22?,24-,25?;/m0./s1. The van der Waals surface area contributed by atoms with Gasteiger partial charge in [0.15, 0.2) is 5.65 Å². The van der Waals surface area contributed by atoms with Crippen LogP contribution in [-0.4, -0.2) is 21.3 Å². The van der Waals surface area contributed by atoms with Crippen molar-refractivity contribution in [1.29, 1.82) is 0 Å². The molecule has 0 N–H and O–H groups in total. The Labute approximate surface area is 192 Å². The molecule has 0 aliphatic heterocycles. The van der Waals surface area contributed by atoms with Gasteiger partial charge < -0.3 is 0 Å². The van der Waals surface area contributed by atoms with Crippen LogP contribution in [0.3, 0.4) is 0 Å². The predicted molar refractivity (Wildman–Crippen MR) is 132 cm³/mol. The summed E-state index contributed by atoms with van der Waals surface area (Å²) >= 11 is 0. The van der Waals surface area contributed by atoms with Crippen molar-refractivity contribution in [3.05, 3.63) is 60.7 Å². The van der Waals surface area contributed by atoms with E-state index in [0.29, 0.717) is 5.41 Å². The van der Waals surface area contributed by atoms with Crippen molar-refractivity contribution in [3.63, 3.8) is 0 Å². The third kappa shape index (κ3) is 3.14. The molecule has 168 valence electrons. The molecule has 0 aromatic carbocycles. The summed E-state index contributed by atoms with van der Waals surface area (Å²) in [6, 6.07) is 1.96. The van der Waals surface area contributed by atoms with Gasteiger partial charge in [0.2, 0.25) is 0 Å². The Kier molecular flexibility index (Phi) is 5.43. The van der Waals surface area contributed by atoms with Crippen LogP contribution in [0.2, 0.25) is 0 Å². The number of aromatic nitrogens is 3. The second-order valence-electron chi connectivity index (χ2n) is 10.6. The molecule has 0 saturated heterocycles. The quantitative estimate of drug-likeness (QED) is 0.385. The van der Waals surface area contributed by atoms with Crippen LogP contribution in [0.25, 0.3) is 11.2 Å². The molecule has 2 heterocycles. The van der Waals surface area contributed by atoms with Crippen LogP contribution in [0.4, 0.5) is 0 Å². The first-order chi connectivity index (χ1) is 15.5. The van der Waals surface area contributed by atoms with Gasteiger partial charge in [0, 0.05) is 24.2 Å². The van der Waals surface area contributed by atoms with Gasteiger partial charge in [-0.05, 0) is 91.9 Å². The molecule has 5 atom stereocenters. The Balaban J connectivity index is 0.000000501. The molecule has 0 radical (unpaired) electrons. The van der Waals surface area contributed by atoms with E-state index in [2.05, 4.69) is 60.6 Å². The van der Waals surface area contributed by atoms with Crippen LogP contribution >= 0.6 is 0 Å². The number of nitrogens with zero attached hydrogens (tertiary/aromatic N) is 4. The Morgan fingerprint density at radius 2 is 1.97 bits per heavy atom. The van der Waals surface area contributed by atoms with Crippen molar-refractivity contribution >= 4 is 17.9 Å². The number of hydrogen-bond acceptors (Lipinski definition) is 3. The van der Waals surface area contributed by atoms with Crippen LogP contribution in [0.1, 0.15) is 70.8 Å². The van der Waals surface area contributed by atoms with Gasteiger partial charge in [-0.1, -0.05) is 44.6 Å². The van der Waals surface area contributed by atoms with E-state index in [1.807, 2.05) is 28.5 Å². The third-order valence-corrected chi connectivity index (χ3v) is 9.30. The maximum atomic E-state index is 4.65. The molecule has 0 bridgehead atoms. The molecule has 4 aliphatic carbocycles. The first-order valence-electron chi connectivity index (χ1n) is 12.3. The minimum absolute atomic E-state index is 0.276. The van der Waals surface area contributed by atoms with Crippen LogP contribution in [-0.2, 0) is 0 Å². The molecule has 2 aromatic rings. The summed E-state index contributed by atoms with van der Waals surface area (Å²) in [4.78, 5) is 7.90. The van der Waals surface area contributed by atoms with Gasteiger partial charge in [-0.25, -0.2) is 9.50 Å². The van der Waals surface area contributed by atoms with Gasteiger partial charge in [0.25, 0.3) is 0 Å². The first-order valence-corrected chi connectivity index (χ1v) is 12.3. The van der Waals surface area contributed by atoms with Gasteiger partial charge in [0.05, 0.1) is 6.20 Å². The van der Waals surface area contributed by atoms with E-state index in [-0.39, 0.29) is 5.41 Å². The third-order valence-electron chi connectivity index (χ3n) is 9.30. The van der Waals surface area contributed by atoms with Crippen molar-refractivity contribution in [3.8, 4) is 0 Å². The Morgan fingerprint density at radius 1 is 1.12 bits per heavy atom. The zero-order valence-corrected chi connectivity index (χ0v) is 19.6. The number of rotatable bonds is 2. The minimum atomic E-state index is 0.276. The lowest BCUT2D eigenvalue weighted by Crippen LogP contribution is -2.48. The number of fused-ring (bicyclic) bond motifs is 6. The Bertz CT molecular complexity index is 1090. The molecule has 0 spiro atoms. The summed E-state index contributed by atoms with van der Waals surface area (Å²) in [5, 5.41) is 4.58. The van der Waals surface area contributed by atoms with Crippen molar-refractivity contribution in [2.24, 2.45) is 33.6 Å². The topological polar surface area (TPSA) is 42.5 Å². The number of aliphatic imine (C=N–C) groups is 1. The summed E-state index contributed by atoms with van der Waals surface area (Å²) in [6.45, 7) is 11.5. The van der Waals surface area contributed by atoms with E-state index in [0.717, 1.165) is 23.4 Å². The molecule has 2 saturated carbocycles. The van der Waals surface area contributed by atoms with Gasteiger partial charge in [0.1, 0.15) is 0 Å². The smallest absolute Gasteiger partial charge is 0.162 e. The summed E-state index contributed by atoms with van der Waals surface area (Å²) in [6.07, 6.45) is 23.4. The molecule has 0 amide bonds. The molecule has 4 heteroatoms. The minimum Gasteiger partial charge on any atom is -0.273 e. The highest BCUT2D eigenvalue weighted by atomic mass is 15.2. The highest BCUT2D eigenvalue weighted by Gasteiger charge is 2.56. The fraction of sp³-hybridized carbons (Fsp3) is 0.536. The highest BCUT2D eigenvalue weighted by molar-refractivity contribution is 5.80. The van der Waals surface area contributed by atoms with E-state index >= 15 is 0 Å². The van der Waals surface area contributed by atoms with E-state index in [9.17, 15) is 0 Å². The molecule has 6 rings (SSSR count). The van der Waals surface area contributed by atoms with Gasteiger partial charge in [-0.3, -0.25) is 4.99 Å². The Morgan fingerprint density at radius 3 is 2.78 bits per heavy atom. The van der Waals surface area contributed by atoms with Crippen LogP contribution < -0.4 is 0 Å². The molecule has 2 aromatic heterocycles. The maximum Gasteiger partial charge on any atom is 0.162 e. The molecule has 2 fully saturated rings. The summed E-state index contributed by atoms with van der Waals surface area (Å²) in [5.74, 6) is 2.51. The summed E-state index contributed by atoms with van der Waals surface area (Å²) in [5.41, 5.74) is 6.37. The SMILES string of the molecule is C=CN=C.CC12CCC3C(CC=C4CCCC[C@@]43C)C1CC=C2c1cnn2cccnc12. The lowest BCUT2D eigenvalue weighted by Gasteiger charge is -2.57. The van der Waals surface area contributed by atoms with E-state index in [1.165, 1.54) is 68.7 Å². The summed E-state index contributed by atoms with van der Waals surface area (Å²) in [7, 11) is 0. The highest BCUT2D eigenvalue weighted by Crippen LogP contribution is 2.66. The lowest BCUT2D eigenvalue weighted by atomic mass is 9.47. The van der Waals surface area contributed by atoms with E-state index < -0.39 is 0 Å². The van der Waals surface area contributed by atoms with Crippen molar-refractivity contribution in [2.45, 2.75) is 65.2 Å². The molecular formula is C28H36N4. The van der Waals surface area contributed by atoms with E-state index in [1.54, 1.807) is 0 Å². The number of hydrogen-bond donors (Lipinski definition) is 0. The fourth-order valence-corrected chi connectivity index (χ4v) is 7.70.